The van der Waals surface area contributed by atoms with Gasteiger partial charge in [-0.3, -0.25) is 9.52 Å². The van der Waals surface area contributed by atoms with E-state index in [9.17, 15) is 21.6 Å². The van der Waals surface area contributed by atoms with Gasteiger partial charge in [-0.15, -0.1) is 0 Å². The number of hydrogen-bond donors (Lipinski definition) is 1. The molecular formula is C21H26N2O6S2. The van der Waals surface area contributed by atoms with Gasteiger partial charge in [-0.2, -0.15) is 0 Å². The second-order valence-corrected chi connectivity index (χ2v) is 11.4. The van der Waals surface area contributed by atoms with Crippen LogP contribution in [0.15, 0.2) is 47.4 Å². The molecule has 3 rings (SSSR count). The van der Waals surface area contributed by atoms with Crippen molar-refractivity contribution in [3.63, 3.8) is 0 Å². The van der Waals surface area contributed by atoms with E-state index < -0.39 is 31.8 Å². The Morgan fingerprint density at radius 2 is 1.87 bits per heavy atom. The maximum atomic E-state index is 13.0. The number of hydrogen-bond acceptors (Lipinski definition) is 6. The molecule has 0 radical (unpaired) electrons. The zero-order chi connectivity index (χ0) is 22.8. The first kappa shape index (κ1) is 23.1. The van der Waals surface area contributed by atoms with Gasteiger partial charge in [-0.05, 0) is 48.7 Å². The summed E-state index contributed by atoms with van der Waals surface area (Å²) in [6.07, 6.45) is 1.20. The zero-order valence-electron chi connectivity index (χ0n) is 17.7. The highest BCUT2D eigenvalue weighted by atomic mass is 32.2. The van der Waals surface area contributed by atoms with Crippen molar-refractivity contribution in [3.8, 4) is 5.75 Å². The molecular weight excluding hydrogens is 440 g/mol. The highest BCUT2D eigenvalue weighted by molar-refractivity contribution is 7.92. The summed E-state index contributed by atoms with van der Waals surface area (Å²) in [5, 5.41) is 0. The molecule has 8 nitrogen and oxygen atoms in total. The Morgan fingerprint density at radius 3 is 2.42 bits per heavy atom. The molecule has 1 amide bonds. The van der Waals surface area contributed by atoms with Gasteiger partial charge in [0.25, 0.3) is 15.9 Å². The van der Waals surface area contributed by atoms with Gasteiger partial charge in [-0.1, -0.05) is 19.1 Å². The Hall–Kier alpha value is -2.59. The van der Waals surface area contributed by atoms with E-state index in [1.807, 2.05) is 19.1 Å². The van der Waals surface area contributed by atoms with Crippen LogP contribution >= 0.6 is 0 Å². The highest BCUT2D eigenvalue weighted by Crippen LogP contribution is 2.28. The molecule has 2 aromatic carbocycles. The molecule has 0 spiro atoms. The average molecular weight is 467 g/mol. The molecule has 1 saturated heterocycles. The number of nitrogens with one attached hydrogen (secondary N) is 1. The van der Waals surface area contributed by atoms with Crippen LogP contribution in [0, 0.1) is 0 Å². The number of ether oxygens (including phenoxy) is 1. The lowest BCUT2D eigenvalue weighted by atomic mass is 10.1. The number of methoxy groups -OCH3 is 1. The SMILES string of the molecule is CCc1ccc(NS(=O)(=O)c2cc(C(=O)N(C)C3CCS(=O)(=O)C3)ccc2OC)cc1. The number of rotatable bonds is 7. The number of sulfone groups is 1. The first-order valence-electron chi connectivity index (χ1n) is 9.83. The third-order valence-corrected chi connectivity index (χ3v) is 8.54. The molecule has 1 aliphatic heterocycles. The number of amides is 1. The van der Waals surface area contributed by atoms with E-state index in [0.29, 0.717) is 12.1 Å². The third-order valence-electron chi connectivity index (χ3n) is 5.39. The lowest BCUT2D eigenvalue weighted by Crippen LogP contribution is -2.37. The van der Waals surface area contributed by atoms with Crippen molar-refractivity contribution in [2.75, 3.05) is 30.4 Å². The Labute approximate surface area is 183 Å². The van der Waals surface area contributed by atoms with Crippen LogP contribution in [0.3, 0.4) is 0 Å². The van der Waals surface area contributed by atoms with Crippen LogP contribution in [-0.4, -0.2) is 59.3 Å². The van der Waals surface area contributed by atoms with E-state index in [4.69, 9.17) is 4.74 Å². The first-order valence-corrected chi connectivity index (χ1v) is 13.1. The fraction of sp³-hybridized carbons (Fsp3) is 0.381. The van der Waals surface area contributed by atoms with Crippen molar-refractivity contribution in [1.82, 2.24) is 4.90 Å². The second kappa shape index (κ2) is 8.88. The topological polar surface area (TPSA) is 110 Å². The van der Waals surface area contributed by atoms with Crippen LogP contribution in [0.1, 0.15) is 29.3 Å². The van der Waals surface area contributed by atoms with Crippen LogP contribution in [0.25, 0.3) is 0 Å². The molecule has 1 atom stereocenters. The van der Waals surface area contributed by atoms with E-state index in [1.165, 1.54) is 37.3 Å². The van der Waals surface area contributed by atoms with Gasteiger partial charge in [-0.25, -0.2) is 16.8 Å². The molecule has 1 fully saturated rings. The summed E-state index contributed by atoms with van der Waals surface area (Å²) in [4.78, 5) is 14.1. The lowest BCUT2D eigenvalue weighted by Gasteiger charge is -2.24. The lowest BCUT2D eigenvalue weighted by molar-refractivity contribution is 0.0747. The van der Waals surface area contributed by atoms with Gasteiger partial charge in [0, 0.05) is 24.3 Å². The summed E-state index contributed by atoms with van der Waals surface area (Å²) >= 11 is 0. The van der Waals surface area contributed by atoms with E-state index in [2.05, 4.69) is 4.72 Å². The molecule has 1 N–H and O–H groups in total. The monoisotopic (exact) mass is 466 g/mol. The second-order valence-electron chi connectivity index (χ2n) is 7.49. The standard InChI is InChI=1S/C21H26N2O6S2/c1-4-15-5-8-17(9-6-15)22-31(27,28)20-13-16(7-10-19(20)29-3)21(24)23(2)18-11-12-30(25,26)14-18/h5-10,13,18,22H,4,11-12,14H2,1-3H3. The maximum Gasteiger partial charge on any atom is 0.265 e. The Morgan fingerprint density at radius 1 is 1.19 bits per heavy atom. The molecule has 1 aliphatic rings. The van der Waals surface area contributed by atoms with Crippen LogP contribution in [-0.2, 0) is 26.3 Å². The molecule has 0 aliphatic carbocycles. The molecule has 10 heteroatoms. The minimum atomic E-state index is -4.04. The Kier molecular flexibility index (Phi) is 6.61. The van der Waals surface area contributed by atoms with E-state index in [-0.39, 0.29) is 27.7 Å². The third kappa shape index (κ3) is 5.19. The van der Waals surface area contributed by atoms with Crippen molar-refractivity contribution in [3.05, 3.63) is 53.6 Å². The van der Waals surface area contributed by atoms with Crippen molar-refractivity contribution >= 4 is 31.5 Å². The van der Waals surface area contributed by atoms with E-state index >= 15 is 0 Å². The number of nitrogens with zero attached hydrogens (tertiary/aromatic N) is 1. The fourth-order valence-electron chi connectivity index (χ4n) is 3.49. The van der Waals surface area contributed by atoms with Crippen LogP contribution < -0.4 is 9.46 Å². The highest BCUT2D eigenvalue weighted by Gasteiger charge is 2.33. The normalized spacial score (nSPS) is 17.8. The van der Waals surface area contributed by atoms with Crippen LogP contribution in [0.5, 0.6) is 5.75 Å². The van der Waals surface area contributed by atoms with Crippen molar-refractivity contribution in [1.29, 1.82) is 0 Å². The Balaban J connectivity index is 1.89. The molecule has 0 bridgehead atoms. The smallest absolute Gasteiger partial charge is 0.265 e. The largest absolute Gasteiger partial charge is 0.495 e. The summed E-state index contributed by atoms with van der Waals surface area (Å²) in [6, 6.07) is 10.7. The summed E-state index contributed by atoms with van der Waals surface area (Å²) in [5.41, 5.74) is 1.60. The van der Waals surface area contributed by atoms with Crippen LogP contribution in [0.2, 0.25) is 0 Å². The quantitative estimate of drug-likeness (QED) is 0.671. The van der Waals surface area contributed by atoms with Gasteiger partial charge in [0.1, 0.15) is 10.6 Å². The predicted molar refractivity (Wildman–Crippen MR) is 119 cm³/mol. The van der Waals surface area contributed by atoms with Crippen molar-refractivity contribution < 1.29 is 26.4 Å². The zero-order valence-corrected chi connectivity index (χ0v) is 19.3. The Bertz CT molecular complexity index is 1170. The van der Waals surface area contributed by atoms with E-state index in [1.54, 1.807) is 12.1 Å². The summed E-state index contributed by atoms with van der Waals surface area (Å²) in [5.74, 6) is -0.404. The first-order chi connectivity index (χ1) is 14.6. The van der Waals surface area contributed by atoms with Gasteiger partial charge < -0.3 is 9.64 Å². The van der Waals surface area contributed by atoms with Crippen molar-refractivity contribution in [2.24, 2.45) is 0 Å². The predicted octanol–water partition coefficient (Wildman–Crippen LogP) is 2.32. The average Bonchev–Trinajstić information content (AvgIpc) is 3.12. The number of anilines is 1. The van der Waals surface area contributed by atoms with Gasteiger partial charge in [0.15, 0.2) is 9.84 Å². The number of benzene rings is 2. The maximum absolute atomic E-state index is 13.0. The van der Waals surface area contributed by atoms with E-state index in [0.717, 1.165) is 12.0 Å². The number of carbonyl (C=O) groups excluding carboxylic acids is 1. The fourth-order valence-corrected chi connectivity index (χ4v) is 6.52. The molecule has 1 unspecified atom stereocenters. The van der Waals surface area contributed by atoms with Gasteiger partial charge in [0.05, 0.1) is 18.6 Å². The van der Waals surface area contributed by atoms with Gasteiger partial charge in [0.2, 0.25) is 0 Å². The molecule has 168 valence electrons. The minimum absolute atomic E-state index is 0.0400. The molecule has 31 heavy (non-hydrogen) atoms. The summed E-state index contributed by atoms with van der Waals surface area (Å²) < 4.78 is 57.3. The number of carbonyl (C=O) groups is 1. The summed E-state index contributed by atoms with van der Waals surface area (Å²) in [6.45, 7) is 2.00. The minimum Gasteiger partial charge on any atom is -0.495 e. The van der Waals surface area contributed by atoms with Crippen LogP contribution in [0.4, 0.5) is 5.69 Å². The number of aryl methyl sites for hydroxylation is 1. The van der Waals surface area contributed by atoms with Gasteiger partial charge >= 0.3 is 0 Å². The molecule has 1 heterocycles. The van der Waals surface area contributed by atoms with Crippen molar-refractivity contribution in [2.45, 2.75) is 30.7 Å². The summed E-state index contributed by atoms with van der Waals surface area (Å²) in [7, 11) is -4.32. The molecule has 2 aromatic rings. The molecule has 0 saturated carbocycles. The molecule has 0 aromatic heterocycles. The number of sulfonamides is 1.